The van der Waals surface area contributed by atoms with Crippen LogP contribution in [0.15, 0.2) is 18.2 Å². The summed E-state index contributed by atoms with van der Waals surface area (Å²) in [6.45, 7) is -0.0296. The van der Waals surface area contributed by atoms with E-state index in [1.165, 1.54) is 6.07 Å². The summed E-state index contributed by atoms with van der Waals surface area (Å²) >= 11 is 0. The van der Waals surface area contributed by atoms with E-state index in [-0.39, 0.29) is 19.1 Å². The summed E-state index contributed by atoms with van der Waals surface area (Å²) in [6, 6.07) is 4.84. The molecule has 0 saturated heterocycles. The number of nitrogens with two attached hydrogens (primary N) is 1. The summed E-state index contributed by atoms with van der Waals surface area (Å²) in [5, 5.41) is 0. The van der Waals surface area contributed by atoms with E-state index >= 15 is 0 Å². The monoisotopic (exact) mass is 252 g/mol. The number of ether oxygens (including phenoxy) is 1. The molecule has 5 heteroatoms. The molecular weight excluding hydrogens is 235 g/mol. The lowest BCUT2D eigenvalue weighted by molar-refractivity contribution is -0.132. The second-order valence-corrected chi connectivity index (χ2v) is 4.45. The molecule has 0 heterocycles. The zero-order valence-corrected chi connectivity index (χ0v) is 10.4. The van der Waals surface area contributed by atoms with Crippen molar-refractivity contribution in [3.63, 3.8) is 0 Å². The molecule has 1 fully saturated rings. The van der Waals surface area contributed by atoms with Crippen LogP contribution in [0.5, 0.6) is 5.75 Å². The number of halogens is 1. The van der Waals surface area contributed by atoms with Crippen LogP contribution in [0, 0.1) is 5.82 Å². The van der Waals surface area contributed by atoms with Gasteiger partial charge in [-0.3, -0.25) is 4.79 Å². The van der Waals surface area contributed by atoms with Crippen molar-refractivity contribution < 1.29 is 13.9 Å². The molecule has 0 aliphatic heterocycles. The maximum absolute atomic E-state index is 13.4. The molecule has 0 unspecified atom stereocenters. The van der Waals surface area contributed by atoms with E-state index in [4.69, 9.17) is 10.5 Å². The van der Waals surface area contributed by atoms with E-state index in [1.54, 1.807) is 24.1 Å². The van der Waals surface area contributed by atoms with Crippen LogP contribution in [0.2, 0.25) is 0 Å². The first-order chi connectivity index (χ1) is 8.63. The summed E-state index contributed by atoms with van der Waals surface area (Å²) in [6.07, 6.45) is 2.10. The Balaban J connectivity index is 1.97. The van der Waals surface area contributed by atoms with Crippen molar-refractivity contribution in [3.8, 4) is 5.75 Å². The summed E-state index contributed by atoms with van der Waals surface area (Å²) in [7, 11) is 1.76. The number of benzene rings is 1. The molecule has 98 valence electrons. The molecule has 18 heavy (non-hydrogen) atoms. The lowest BCUT2D eigenvalue weighted by atomic mass is 10.2. The van der Waals surface area contributed by atoms with E-state index in [9.17, 15) is 9.18 Å². The van der Waals surface area contributed by atoms with Crippen LogP contribution in [-0.2, 0) is 11.3 Å². The van der Waals surface area contributed by atoms with Crippen molar-refractivity contribution in [2.24, 2.45) is 5.73 Å². The molecule has 1 aromatic carbocycles. The fraction of sp³-hybridized carbons (Fsp3) is 0.462. The van der Waals surface area contributed by atoms with Gasteiger partial charge in [-0.15, -0.1) is 0 Å². The van der Waals surface area contributed by atoms with Crippen LogP contribution in [0.4, 0.5) is 4.39 Å². The zero-order chi connectivity index (χ0) is 13.1. The lowest BCUT2D eigenvalue weighted by Crippen LogP contribution is -2.33. The molecule has 2 N–H and O–H groups in total. The number of hydrogen-bond acceptors (Lipinski definition) is 3. The van der Waals surface area contributed by atoms with Gasteiger partial charge >= 0.3 is 0 Å². The van der Waals surface area contributed by atoms with E-state index in [2.05, 4.69) is 0 Å². The average molecular weight is 252 g/mol. The van der Waals surface area contributed by atoms with Crippen LogP contribution in [0.3, 0.4) is 0 Å². The fourth-order valence-electron chi connectivity index (χ4n) is 1.78. The van der Waals surface area contributed by atoms with Gasteiger partial charge in [-0.25, -0.2) is 4.39 Å². The highest BCUT2D eigenvalue weighted by molar-refractivity contribution is 5.78. The number of amides is 1. The molecule has 0 radical (unpaired) electrons. The number of carbonyl (C=O) groups excluding carboxylic acids is 1. The highest BCUT2D eigenvalue weighted by atomic mass is 19.1. The van der Waals surface area contributed by atoms with Crippen LogP contribution < -0.4 is 10.5 Å². The second kappa shape index (κ2) is 5.35. The predicted molar refractivity (Wildman–Crippen MR) is 65.6 cm³/mol. The highest BCUT2D eigenvalue weighted by Crippen LogP contribution is 2.26. The fourth-order valence-corrected chi connectivity index (χ4v) is 1.78. The standard InChI is InChI=1S/C13H17FN2O2/c1-16(9-5-6-9)13(17)8-18-12-4-2-3-11(14)10(12)7-15/h2-4,9H,5-8,15H2,1H3. The third kappa shape index (κ3) is 2.79. The second-order valence-electron chi connectivity index (χ2n) is 4.45. The van der Waals surface area contributed by atoms with Gasteiger partial charge in [-0.05, 0) is 25.0 Å². The molecule has 1 aliphatic carbocycles. The molecule has 2 rings (SSSR count). The average Bonchev–Trinajstić information content (AvgIpc) is 3.19. The van der Waals surface area contributed by atoms with Gasteiger partial charge in [0.1, 0.15) is 11.6 Å². The summed E-state index contributed by atoms with van der Waals surface area (Å²) in [5.74, 6) is -0.155. The van der Waals surface area contributed by atoms with Gasteiger partial charge in [0.15, 0.2) is 6.61 Å². The van der Waals surface area contributed by atoms with Crippen molar-refractivity contribution >= 4 is 5.91 Å². The Labute approximate surface area is 106 Å². The van der Waals surface area contributed by atoms with Gasteiger partial charge in [0.05, 0.1) is 0 Å². The number of carbonyl (C=O) groups is 1. The Morgan fingerprint density at radius 3 is 2.89 bits per heavy atom. The Morgan fingerprint density at radius 2 is 2.28 bits per heavy atom. The lowest BCUT2D eigenvalue weighted by Gasteiger charge is -2.17. The highest BCUT2D eigenvalue weighted by Gasteiger charge is 2.29. The molecule has 0 atom stereocenters. The third-order valence-electron chi connectivity index (χ3n) is 3.12. The molecule has 4 nitrogen and oxygen atoms in total. The van der Waals surface area contributed by atoms with E-state index in [0.717, 1.165) is 12.8 Å². The first kappa shape index (κ1) is 12.8. The maximum Gasteiger partial charge on any atom is 0.260 e. The SMILES string of the molecule is CN(C(=O)COc1cccc(F)c1CN)C1CC1. The number of nitrogens with zero attached hydrogens (tertiary/aromatic N) is 1. The minimum Gasteiger partial charge on any atom is -0.483 e. The quantitative estimate of drug-likeness (QED) is 0.859. The maximum atomic E-state index is 13.4. The van der Waals surface area contributed by atoms with Crippen LogP contribution >= 0.6 is 0 Å². The van der Waals surface area contributed by atoms with Gasteiger partial charge in [0.25, 0.3) is 5.91 Å². The molecule has 0 aromatic heterocycles. The largest absolute Gasteiger partial charge is 0.483 e. The van der Waals surface area contributed by atoms with Crippen molar-refractivity contribution in [2.75, 3.05) is 13.7 Å². The number of rotatable bonds is 5. The Bertz CT molecular complexity index is 447. The molecular formula is C13H17FN2O2. The van der Waals surface area contributed by atoms with E-state index in [1.807, 2.05) is 0 Å². The minimum absolute atomic E-state index is 0.0503. The topological polar surface area (TPSA) is 55.6 Å². The molecule has 0 bridgehead atoms. The normalized spacial score (nSPS) is 14.4. The van der Waals surface area contributed by atoms with Gasteiger partial charge in [-0.1, -0.05) is 6.07 Å². The Morgan fingerprint density at radius 1 is 1.56 bits per heavy atom. The van der Waals surface area contributed by atoms with Gasteiger partial charge in [0.2, 0.25) is 0 Å². The van der Waals surface area contributed by atoms with Gasteiger partial charge in [0, 0.05) is 25.2 Å². The van der Waals surface area contributed by atoms with Crippen LogP contribution in [-0.4, -0.2) is 30.5 Å². The molecule has 1 aromatic rings. The Kier molecular flexibility index (Phi) is 3.81. The molecule has 1 amide bonds. The minimum atomic E-state index is -0.405. The number of hydrogen-bond donors (Lipinski definition) is 1. The predicted octanol–water partition coefficient (Wildman–Crippen LogP) is 1.28. The van der Waals surface area contributed by atoms with Crippen molar-refractivity contribution in [1.29, 1.82) is 0 Å². The van der Waals surface area contributed by atoms with Crippen LogP contribution in [0.1, 0.15) is 18.4 Å². The summed E-state index contributed by atoms with van der Waals surface area (Å²) in [5.41, 5.74) is 5.77. The summed E-state index contributed by atoms with van der Waals surface area (Å²) < 4.78 is 18.8. The van der Waals surface area contributed by atoms with Gasteiger partial charge in [-0.2, -0.15) is 0 Å². The van der Waals surface area contributed by atoms with E-state index in [0.29, 0.717) is 17.4 Å². The molecule has 0 spiro atoms. The van der Waals surface area contributed by atoms with Gasteiger partial charge < -0.3 is 15.4 Å². The van der Waals surface area contributed by atoms with Crippen molar-refractivity contribution in [3.05, 3.63) is 29.6 Å². The zero-order valence-electron chi connectivity index (χ0n) is 10.4. The summed E-state index contributed by atoms with van der Waals surface area (Å²) in [4.78, 5) is 13.4. The number of likely N-dealkylation sites (N-methyl/N-ethyl adjacent to an activating group) is 1. The first-order valence-corrected chi connectivity index (χ1v) is 5.99. The smallest absolute Gasteiger partial charge is 0.260 e. The van der Waals surface area contributed by atoms with Crippen molar-refractivity contribution in [2.45, 2.75) is 25.4 Å². The Hall–Kier alpha value is -1.62. The van der Waals surface area contributed by atoms with Crippen molar-refractivity contribution in [1.82, 2.24) is 4.90 Å². The first-order valence-electron chi connectivity index (χ1n) is 5.99. The molecule has 1 saturated carbocycles. The third-order valence-corrected chi connectivity index (χ3v) is 3.12. The van der Waals surface area contributed by atoms with E-state index < -0.39 is 5.82 Å². The molecule has 1 aliphatic rings. The van der Waals surface area contributed by atoms with Crippen LogP contribution in [0.25, 0.3) is 0 Å².